The molecular formula is C12H16N2O2. The minimum absolute atomic E-state index is 0.135. The molecule has 0 unspecified atom stereocenters. The van der Waals surface area contributed by atoms with E-state index in [-0.39, 0.29) is 12.2 Å². The second-order valence-electron chi connectivity index (χ2n) is 4.41. The number of Topliss-reactive ketones (excluding diaryl/α,β-unsaturated/α-hetero) is 1. The minimum Gasteiger partial charge on any atom is -0.398 e. The van der Waals surface area contributed by atoms with Crippen LogP contribution in [0.15, 0.2) is 18.5 Å². The minimum atomic E-state index is -1.12. The molecule has 0 atom stereocenters. The molecule has 2 rings (SSSR count). The molecule has 86 valence electrons. The number of nitrogen functional groups attached to an aromatic ring is 1. The van der Waals surface area contributed by atoms with Gasteiger partial charge in [0, 0.05) is 30.1 Å². The second-order valence-corrected chi connectivity index (χ2v) is 4.41. The van der Waals surface area contributed by atoms with Crippen molar-refractivity contribution in [3.05, 3.63) is 24.0 Å². The maximum absolute atomic E-state index is 12.0. The Balaban J connectivity index is 2.10. The van der Waals surface area contributed by atoms with Gasteiger partial charge in [-0.3, -0.25) is 9.78 Å². The first kappa shape index (κ1) is 11.1. The number of nitrogens with two attached hydrogens (primary N) is 1. The fourth-order valence-electron chi connectivity index (χ4n) is 2.16. The summed E-state index contributed by atoms with van der Waals surface area (Å²) in [6.07, 6.45) is 6.35. The van der Waals surface area contributed by atoms with Crippen molar-refractivity contribution in [1.29, 1.82) is 0 Å². The van der Waals surface area contributed by atoms with Crippen molar-refractivity contribution in [1.82, 2.24) is 4.98 Å². The highest BCUT2D eigenvalue weighted by molar-refractivity contribution is 5.90. The van der Waals surface area contributed by atoms with E-state index in [1.165, 1.54) is 0 Å². The number of ketones is 1. The average Bonchev–Trinajstić information content (AvgIpc) is 2.70. The maximum atomic E-state index is 12.0. The normalized spacial score (nSPS) is 18.6. The highest BCUT2D eigenvalue weighted by Gasteiger charge is 2.38. The summed E-state index contributed by atoms with van der Waals surface area (Å²) >= 11 is 0. The number of hydrogen-bond acceptors (Lipinski definition) is 4. The second kappa shape index (κ2) is 4.22. The van der Waals surface area contributed by atoms with E-state index in [9.17, 15) is 9.90 Å². The Labute approximate surface area is 94.5 Å². The molecule has 1 aliphatic rings. The molecule has 1 saturated carbocycles. The van der Waals surface area contributed by atoms with Gasteiger partial charge in [0.2, 0.25) is 0 Å². The number of aliphatic hydroxyl groups is 1. The third kappa shape index (κ3) is 2.07. The predicted molar refractivity (Wildman–Crippen MR) is 60.8 cm³/mol. The number of hydrogen-bond donors (Lipinski definition) is 2. The fraction of sp³-hybridized carbons (Fsp3) is 0.500. The molecule has 1 aliphatic carbocycles. The lowest BCUT2D eigenvalue weighted by Gasteiger charge is -2.20. The lowest BCUT2D eigenvalue weighted by Crippen LogP contribution is -2.36. The van der Waals surface area contributed by atoms with Crippen molar-refractivity contribution in [2.45, 2.75) is 37.7 Å². The van der Waals surface area contributed by atoms with E-state index < -0.39 is 5.60 Å². The molecule has 1 aromatic rings. The number of aromatic nitrogens is 1. The number of carbonyl (C=O) groups excluding carboxylic acids is 1. The van der Waals surface area contributed by atoms with E-state index in [1.54, 1.807) is 18.5 Å². The Bertz CT molecular complexity index is 398. The van der Waals surface area contributed by atoms with Crippen LogP contribution in [0.2, 0.25) is 0 Å². The summed E-state index contributed by atoms with van der Waals surface area (Å²) in [6, 6.07) is 1.67. The van der Waals surface area contributed by atoms with Crippen molar-refractivity contribution in [3.8, 4) is 0 Å². The topological polar surface area (TPSA) is 76.2 Å². The average molecular weight is 220 g/mol. The van der Waals surface area contributed by atoms with Gasteiger partial charge in [-0.05, 0) is 31.7 Å². The van der Waals surface area contributed by atoms with E-state index in [2.05, 4.69) is 4.98 Å². The van der Waals surface area contributed by atoms with Crippen molar-refractivity contribution in [3.63, 3.8) is 0 Å². The van der Waals surface area contributed by atoms with Gasteiger partial charge in [0.05, 0.1) is 0 Å². The van der Waals surface area contributed by atoms with Crippen LogP contribution in [-0.4, -0.2) is 21.5 Å². The van der Waals surface area contributed by atoms with Crippen LogP contribution >= 0.6 is 0 Å². The van der Waals surface area contributed by atoms with Crippen molar-refractivity contribution < 1.29 is 9.90 Å². The number of anilines is 1. The van der Waals surface area contributed by atoms with E-state index in [1.807, 2.05) is 0 Å². The van der Waals surface area contributed by atoms with Crippen LogP contribution in [-0.2, 0) is 11.2 Å². The van der Waals surface area contributed by atoms with E-state index in [0.717, 1.165) is 12.8 Å². The molecule has 1 fully saturated rings. The molecule has 0 aromatic carbocycles. The molecule has 0 radical (unpaired) electrons. The number of nitrogens with zero attached hydrogens (tertiary/aromatic N) is 1. The molecule has 0 spiro atoms. The van der Waals surface area contributed by atoms with Gasteiger partial charge >= 0.3 is 0 Å². The molecule has 4 nitrogen and oxygen atoms in total. The Morgan fingerprint density at radius 3 is 2.81 bits per heavy atom. The summed E-state index contributed by atoms with van der Waals surface area (Å²) < 4.78 is 0. The standard InChI is InChI=1S/C12H16N2O2/c13-10-3-6-14-8-9(10)7-11(15)12(16)4-1-2-5-12/h3,6,8,16H,1-2,4-5,7H2,(H2,13,14). The molecule has 0 saturated heterocycles. The van der Waals surface area contributed by atoms with Crippen LogP contribution in [0.5, 0.6) is 0 Å². The summed E-state index contributed by atoms with van der Waals surface area (Å²) in [5.41, 5.74) is 5.88. The Kier molecular flexibility index (Phi) is 2.92. The Morgan fingerprint density at radius 1 is 1.50 bits per heavy atom. The lowest BCUT2D eigenvalue weighted by atomic mass is 9.92. The van der Waals surface area contributed by atoms with Crippen molar-refractivity contribution in [2.75, 3.05) is 5.73 Å². The third-order valence-electron chi connectivity index (χ3n) is 3.24. The first-order chi connectivity index (χ1) is 7.62. The van der Waals surface area contributed by atoms with Gasteiger partial charge in [-0.15, -0.1) is 0 Å². The summed E-state index contributed by atoms with van der Waals surface area (Å²) in [4.78, 5) is 15.9. The van der Waals surface area contributed by atoms with Crippen LogP contribution in [0, 0.1) is 0 Å². The Hall–Kier alpha value is -1.42. The first-order valence-electron chi connectivity index (χ1n) is 5.56. The van der Waals surface area contributed by atoms with E-state index in [0.29, 0.717) is 24.1 Å². The molecule has 1 heterocycles. The first-order valence-corrected chi connectivity index (χ1v) is 5.56. The van der Waals surface area contributed by atoms with Gasteiger partial charge in [0.25, 0.3) is 0 Å². The van der Waals surface area contributed by atoms with Crippen LogP contribution < -0.4 is 5.73 Å². The molecule has 0 amide bonds. The van der Waals surface area contributed by atoms with Gasteiger partial charge in [-0.25, -0.2) is 0 Å². The summed E-state index contributed by atoms with van der Waals surface area (Å²) in [5.74, 6) is -0.135. The van der Waals surface area contributed by atoms with Crippen molar-refractivity contribution >= 4 is 11.5 Å². The molecular weight excluding hydrogens is 204 g/mol. The van der Waals surface area contributed by atoms with E-state index >= 15 is 0 Å². The molecule has 0 bridgehead atoms. The smallest absolute Gasteiger partial charge is 0.168 e. The quantitative estimate of drug-likeness (QED) is 0.799. The zero-order chi connectivity index (χ0) is 11.6. The Morgan fingerprint density at radius 2 is 2.19 bits per heavy atom. The maximum Gasteiger partial charge on any atom is 0.168 e. The highest BCUT2D eigenvalue weighted by atomic mass is 16.3. The molecule has 0 aliphatic heterocycles. The van der Waals surface area contributed by atoms with Gasteiger partial charge in [0.15, 0.2) is 5.78 Å². The van der Waals surface area contributed by atoms with Crippen LogP contribution in [0.1, 0.15) is 31.2 Å². The number of pyridine rings is 1. The summed E-state index contributed by atoms with van der Waals surface area (Å²) in [6.45, 7) is 0. The summed E-state index contributed by atoms with van der Waals surface area (Å²) in [5, 5.41) is 10.1. The molecule has 16 heavy (non-hydrogen) atoms. The van der Waals surface area contributed by atoms with Gasteiger partial charge in [-0.2, -0.15) is 0 Å². The van der Waals surface area contributed by atoms with E-state index in [4.69, 9.17) is 5.73 Å². The summed E-state index contributed by atoms with van der Waals surface area (Å²) in [7, 11) is 0. The van der Waals surface area contributed by atoms with Crippen LogP contribution in [0.3, 0.4) is 0 Å². The predicted octanol–water partition coefficient (Wildman–Crippen LogP) is 1.08. The number of carbonyl (C=O) groups is 1. The molecule has 1 aromatic heterocycles. The van der Waals surface area contributed by atoms with Gasteiger partial charge < -0.3 is 10.8 Å². The van der Waals surface area contributed by atoms with Gasteiger partial charge in [-0.1, -0.05) is 0 Å². The molecule has 3 N–H and O–H groups in total. The number of rotatable bonds is 3. The van der Waals surface area contributed by atoms with Crippen LogP contribution in [0.4, 0.5) is 5.69 Å². The lowest BCUT2D eigenvalue weighted by molar-refractivity contribution is -0.136. The van der Waals surface area contributed by atoms with Crippen LogP contribution in [0.25, 0.3) is 0 Å². The SMILES string of the molecule is Nc1ccncc1CC(=O)C1(O)CCCC1. The largest absolute Gasteiger partial charge is 0.398 e. The molecule has 4 heteroatoms. The zero-order valence-corrected chi connectivity index (χ0v) is 9.15. The van der Waals surface area contributed by atoms with Crippen molar-refractivity contribution in [2.24, 2.45) is 0 Å². The highest BCUT2D eigenvalue weighted by Crippen LogP contribution is 2.31. The third-order valence-corrected chi connectivity index (χ3v) is 3.24. The monoisotopic (exact) mass is 220 g/mol. The zero-order valence-electron chi connectivity index (χ0n) is 9.15. The van der Waals surface area contributed by atoms with Gasteiger partial charge in [0.1, 0.15) is 5.60 Å². The fourth-order valence-corrected chi connectivity index (χ4v) is 2.16.